The molecule has 2 heterocycles. The summed E-state index contributed by atoms with van der Waals surface area (Å²) in [6.45, 7) is 1.65. The maximum absolute atomic E-state index is 13.1. The molecule has 1 aromatic heterocycles. The van der Waals surface area contributed by atoms with Gasteiger partial charge in [0.2, 0.25) is 5.91 Å². The molecule has 1 aliphatic heterocycles. The Morgan fingerprint density at radius 1 is 1.28 bits per heavy atom. The number of halogens is 1. The summed E-state index contributed by atoms with van der Waals surface area (Å²) >= 11 is 1.36. The lowest BCUT2D eigenvalue weighted by Gasteiger charge is -2.32. The molecule has 1 aromatic carbocycles. The van der Waals surface area contributed by atoms with Crippen LogP contribution in [0.25, 0.3) is 11.1 Å². The molecule has 0 unspecified atom stereocenters. The molecule has 1 fully saturated rings. The third-order valence-electron chi connectivity index (χ3n) is 4.25. The van der Waals surface area contributed by atoms with Crippen molar-refractivity contribution in [2.24, 2.45) is 5.73 Å². The number of piperidine rings is 1. The zero-order valence-electron chi connectivity index (χ0n) is 13.7. The van der Waals surface area contributed by atoms with Crippen molar-refractivity contribution < 1.29 is 14.0 Å². The summed E-state index contributed by atoms with van der Waals surface area (Å²) in [5, 5.41) is 4.90. The quantitative estimate of drug-likeness (QED) is 0.858. The summed E-state index contributed by atoms with van der Waals surface area (Å²) in [4.78, 5) is 26.3. The Morgan fingerprint density at radius 2 is 2.04 bits per heavy atom. The zero-order valence-corrected chi connectivity index (χ0v) is 14.5. The number of rotatable bonds is 5. The van der Waals surface area contributed by atoms with Crippen LogP contribution in [0.3, 0.4) is 0 Å². The Bertz CT molecular complexity index is 760. The molecule has 0 saturated carbocycles. The molecule has 2 aromatic rings. The van der Waals surface area contributed by atoms with Crippen molar-refractivity contribution in [2.75, 3.05) is 19.6 Å². The van der Waals surface area contributed by atoms with Gasteiger partial charge in [0.05, 0.1) is 11.4 Å². The Hall–Kier alpha value is -2.25. The molecule has 1 aliphatic rings. The van der Waals surface area contributed by atoms with E-state index in [9.17, 15) is 14.0 Å². The minimum Gasteiger partial charge on any atom is -0.369 e. The van der Waals surface area contributed by atoms with E-state index < -0.39 is 0 Å². The predicted molar refractivity (Wildman–Crippen MR) is 95.8 cm³/mol. The van der Waals surface area contributed by atoms with E-state index in [2.05, 4.69) is 5.32 Å². The molecule has 2 amide bonds. The Kier molecular flexibility index (Phi) is 5.45. The van der Waals surface area contributed by atoms with E-state index in [1.807, 2.05) is 16.3 Å². The van der Waals surface area contributed by atoms with Crippen molar-refractivity contribution >= 4 is 23.2 Å². The first-order chi connectivity index (χ1) is 12.0. The Labute approximate surface area is 149 Å². The molecule has 0 aliphatic carbocycles. The van der Waals surface area contributed by atoms with Crippen molar-refractivity contribution in [1.82, 2.24) is 10.2 Å². The molecule has 0 bridgehead atoms. The second-order valence-corrected chi connectivity index (χ2v) is 7.10. The highest BCUT2D eigenvalue weighted by molar-refractivity contribution is 7.12. The molecule has 1 atom stereocenters. The van der Waals surface area contributed by atoms with Crippen LogP contribution in [0.4, 0.5) is 4.39 Å². The van der Waals surface area contributed by atoms with E-state index in [0.29, 0.717) is 11.4 Å². The van der Waals surface area contributed by atoms with Gasteiger partial charge in [-0.3, -0.25) is 14.5 Å². The summed E-state index contributed by atoms with van der Waals surface area (Å²) < 4.78 is 13.1. The fourth-order valence-electron chi connectivity index (χ4n) is 3.13. The van der Waals surface area contributed by atoms with Gasteiger partial charge in [0, 0.05) is 18.2 Å². The summed E-state index contributed by atoms with van der Waals surface area (Å²) in [5.41, 5.74) is 6.86. The number of benzene rings is 1. The van der Waals surface area contributed by atoms with Crippen LogP contribution in [0.5, 0.6) is 0 Å². The highest BCUT2D eigenvalue weighted by Crippen LogP contribution is 2.28. The van der Waals surface area contributed by atoms with Crippen molar-refractivity contribution in [3.05, 3.63) is 46.4 Å². The van der Waals surface area contributed by atoms with Crippen molar-refractivity contribution in [3.8, 4) is 11.1 Å². The van der Waals surface area contributed by atoms with Crippen LogP contribution in [-0.4, -0.2) is 42.4 Å². The number of nitrogens with two attached hydrogens (primary N) is 1. The predicted octanol–water partition coefficient (Wildman–Crippen LogP) is 2.23. The third-order valence-corrected chi connectivity index (χ3v) is 5.16. The fourth-order valence-corrected chi connectivity index (χ4v) is 3.95. The van der Waals surface area contributed by atoms with E-state index in [-0.39, 0.29) is 30.2 Å². The number of amides is 2. The van der Waals surface area contributed by atoms with Crippen LogP contribution < -0.4 is 11.1 Å². The van der Waals surface area contributed by atoms with Gasteiger partial charge in [0.1, 0.15) is 5.82 Å². The lowest BCUT2D eigenvalue weighted by molar-refractivity contribution is -0.119. The minimum absolute atomic E-state index is 0.0104. The molecule has 1 saturated heterocycles. The fraction of sp³-hybridized carbons (Fsp3) is 0.333. The number of nitrogens with zero attached hydrogens (tertiary/aromatic N) is 1. The van der Waals surface area contributed by atoms with Crippen molar-refractivity contribution in [1.29, 1.82) is 0 Å². The summed E-state index contributed by atoms with van der Waals surface area (Å²) in [7, 11) is 0. The maximum atomic E-state index is 13.1. The average Bonchev–Trinajstić information content (AvgIpc) is 3.05. The normalized spacial score (nSPS) is 18.0. The van der Waals surface area contributed by atoms with E-state index in [1.165, 1.54) is 23.5 Å². The van der Waals surface area contributed by atoms with E-state index in [4.69, 9.17) is 5.73 Å². The van der Waals surface area contributed by atoms with Gasteiger partial charge in [-0.2, -0.15) is 0 Å². The summed E-state index contributed by atoms with van der Waals surface area (Å²) in [6.07, 6.45) is 1.78. The molecule has 0 spiro atoms. The van der Waals surface area contributed by atoms with Gasteiger partial charge in [0.25, 0.3) is 5.91 Å². The van der Waals surface area contributed by atoms with Crippen LogP contribution in [0.15, 0.2) is 35.7 Å². The topological polar surface area (TPSA) is 75.4 Å². The zero-order chi connectivity index (χ0) is 17.8. The molecule has 25 heavy (non-hydrogen) atoms. The van der Waals surface area contributed by atoms with Crippen LogP contribution >= 0.6 is 11.3 Å². The first-order valence-corrected chi connectivity index (χ1v) is 9.06. The third kappa shape index (κ3) is 4.43. The smallest absolute Gasteiger partial charge is 0.262 e. The molecular weight excluding hydrogens is 341 g/mol. The van der Waals surface area contributed by atoms with Gasteiger partial charge in [-0.15, -0.1) is 11.3 Å². The van der Waals surface area contributed by atoms with Crippen LogP contribution in [0, 0.1) is 5.82 Å². The standard InChI is InChI=1S/C18H20FN3O2S/c19-13-5-3-12(4-6-13)15-7-9-25-17(15)18(24)21-14-2-1-8-22(10-14)11-16(20)23/h3-7,9,14H,1-2,8,10-11H2,(H2,20,23)(H,21,24)/t14-/m1/s1. The Morgan fingerprint density at radius 3 is 2.76 bits per heavy atom. The highest BCUT2D eigenvalue weighted by Gasteiger charge is 2.24. The molecule has 5 nitrogen and oxygen atoms in total. The molecule has 7 heteroatoms. The van der Waals surface area contributed by atoms with Crippen molar-refractivity contribution in [3.63, 3.8) is 0 Å². The van der Waals surface area contributed by atoms with E-state index in [0.717, 1.165) is 30.5 Å². The number of nitrogens with one attached hydrogen (secondary N) is 1. The largest absolute Gasteiger partial charge is 0.369 e. The van der Waals surface area contributed by atoms with Crippen LogP contribution in [-0.2, 0) is 4.79 Å². The van der Waals surface area contributed by atoms with Gasteiger partial charge in [0.15, 0.2) is 0 Å². The highest BCUT2D eigenvalue weighted by atomic mass is 32.1. The number of primary amides is 1. The van der Waals surface area contributed by atoms with E-state index >= 15 is 0 Å². The Balaban J connectivity index is 1.69. The number of hydrogen-bond acceptors (Lipinski definition) is 4. The summed E-state index contributed by atoms with van der Waals surface area (Å²) in [5.74, 6) is -0.800. The van der Waals surface area contributed by atoms with Gasteiger partial charge < -0.3 is 11.1 Å². The van der Waals surface area contributed by atoms with Gasteiger partial charge >= 0.3 is 0 Å². The molecular formula is C18H20FN3O2S. The molecule has 132 valence electrons. The lowest BCUT2D eigenvalue weighted by Crippen LogP contribution is -2.49. The number of carbonyl (C=O) groups is 2. The molecule has 0 radical (unpaired) electrons. The van der Waals surface area contributed by atoms with Gasteiger partial charge in [-0.25, -0.2) is 4.39 Å². The average molecular weight is 361 g/mol. The lowest BCUT2D eigenvalue weighted by atomic mass is 10.0. The monoisotopic (exact) mass is 361 g/mol. The van der Waals surface area contributed by atoms with Crippen LogP contribution in [0.2, 0.25) is 0 Å². The van der Waals surface area contributed by atoms with Crippen molar-refractivity contribution in [2.45, 2.75) is 18.9 Å². The van der Waals surface area contributed by atoms with Crippen LogP contribution in [0.1, 0.15) is 22.5 Å². The summed E-state index contributed by atoms with van der Waals surface area (Å²) in [6, 6.07) is 7.97. The molecule has 3 rings (SSSR count). The first-order valence-electron chi connectivity index (χ1n) is 8.18. The first kappa shape index (κ1) is 17.6. The van der Waals surface area contributed by atoms with Gasteiger partial charge in [-0.1, -0.05) is 12.1 Å². The van der Waals surface area contributed by atoms with E-state index in [1.54, 1.807) is 12.1 Å². The number of likely N-dealkylation sites (tertiary alicyclic amines) is 1. The maximum Gasteiger partial charge on any atom is 0.262 e. The SMILES string of the molecule is NC(=O)CN1CCC[C@@H](NC(=O)c2sccc2-c2ccc(F)cc2)C1. The number of hydrogen-bond donors (Lipinski definition) is 2. The molecule has 3 N–H and O–H groups in total. The van der Waals surface area contributed by atoms with Gasteiger partial charge in [-0.05, 0) is 48.5 Å². The second-order valence-electron chi connectivity index (χ2n) is 6.18. The second kappa shape index (κ2) is 7.76. The number of carbonyl (C=O) groups excluding carboxylic acids is 2. The number of thiophene rings is 1. The minimum atomic E-state index is -0.358.